The zero-order chi connectivity index (χ0) is 13.1. The van der Waals surface area contributed by atoms with E-state index in [-0.39, 0.29) is 12.5 Å². The normalized spacial score (nSPS) is 14.4. The number of aryl methyl sites for hydroxylation is 2. The van der Waals surface area contributed by atoms with Crippen LogP contribution < -0.4 is 5.32 Å². The van der Waals surface area contributed by atoms with E-state index in [0.29, 0.717) is 12.2 Å². The zero-order valence-electron chi connectivity index (χ0n) is 11.0. The first kappa shape index (κ1) is 13.8. The lowest BCUT2D eigenvalue weighted by Crippen LogP contribution is -2.38. The second-order valence-corrected chi connectivity index (χ2v) is 4.63. The van der Waals surface area contributed by atoms with Crippen LogP contribution in [0.1, 0.15) is 43.8 Å². The summed E-state index contributed by atoms with van der Waals surface area (Å²) in [7, 11) is 0. The third kappa shape index (κ3) is 3.60. The van der Waals surface area contributed by atoms with Gasteiger partial charge < -0.3 is 14.8 Å². The lowest BCUT2D eigenvalue weighted by Gasteiger charge is -2.23. The number of furan rings is 1. The van der Waals surface area contributed by atoms with Crippen LogP contribution in [0.4, 0.5) is 0 Å². The van der Waals surface area contributed by atoms with E-state index in [9.17, 15) is 9.90 Å². The maximum Gasteiger partial charge on any atom is 0.220 e. The van der Waals surface area contributed by atoms with Crippen molar-refractivity contribution < 1.29 is 14.3 Å². The van der Waals surface area contributed by atoms with E-state index < -0.39 is 5.60 Å². The zero-order valence-corrected chi connectivity index (χ0v) is 11.0. The average molecular weight is 239 g/mol. The highest BCUT2D eigenvalue weighted by molar-refractivity contribution is 5.75. The maximum atomic E-state index is 11.4. The molecule has 0 radical (unpaired) electrons. The number of aliphatic hydroxyl groups is 1. The highest BCUT2D eigenvalue weighted by Gasteiger charge is 2.27. The van der Waals surface area contributed by atoms with Crippen LogP contribution in [0.15, 0.2) is 10.5 Å². The molecule has 17 heavy (non-hydrogen) atoms. The van der Waals surface area contributed by atoms with Gasteiger partial charge in [-0.05, 0) is 33.3 Å². The minimum atomic E-state index is -1.09. The molecule has 0 aromatic carbocycles. The fourth-order valence-electron chi connectivity index (χ4n) is 1.85. The molecule has 96 valence electrons. The Bertz CT molecular complexity index is 393. The van der Waals surface area contributed by atoms with Gasteiger partial charge in [-0.15, -0.1) is 0 Å². The molecule has 0 fully saturated rings. The van der Waals surface area contributed by atoms with Gasteiger partial charge in [0.15, 0.2) is 0 Å². The number of rotatable bonds is 5. The number of carbonyl (C=O) groups is 1. The number of hydrogen-bond donors (Lipinski definition) is 2. The van der Waals surface area contributed by atoms with Crippen LogP contribution in [-0.4, -0.2) is 17.6 Å². The van der Waals surface area contributed by atoms with Crippen molar-refractivity contribution in [1.29, 1.82) is 0 Å². The van der Waals surface area contributed by atoms with E-state index in [1.165, 1.54) is 0 Å². The molecule has 1 unspecified atom stereocenters. The van der Waals surface area contributed by atoms with E-state index in [1.54, 1.807) is 13.0 Å². The van der Waals surface area contributed by atoms with Crippen LogP contribution in [-0.2, 0) is 10.4 Å². The molecular weight excluding hydrogens is 218 g/mol. The van der Waals surface area contributed by atoms with Gasteiger partial charge in [0.25, 0.3) is 0 Å². The molecule has 2 N–H and O–H groups in total. The Morgan fingerprint density at radius 2 is 2.18 bits per heavy atom. The number of hydrogen-bond acceptors (Lipinski definition) is 3. The summed E-state index contributed by atoms with van der Waals surface area (Å²) < 4.78 is 5.38. The van der Waals surface area contributed by atoms with Crippen LogP contribution in [0.3, 0.4) is 0 Å². The molecule has 4 nitrogen and oxygen atoms in total. The van der Waals surface area contributed by atoms with Crippen molar-refractivity contribution in [3.8, 4) is 0 Å². The minimum absolute atomic E-state index is 0.0364. The molecule has 0 aliphatic rings. The molecule has 4 heteroatoms. The highest BCUT2D eigenvalue weighted by Crippen LogP contribution is 2.26. The van der Waals surface area contributed by atoms with Gasteiger partial charge in [-0.3, -0.25) is 4.79 Å². The van der Waals surface area contributed by atoms with Crippen molar-refractivity contribution in [2.24, 2.45) is 0 Å². The Balaban J connectivity index is 2.68. The van der Waals surface area contributed by atoms with E-state index >= 15 is 0 Å². The lowest BCUT2D eigenvalue weighted by atomic mass is 9.96. The van der Waals surface area contributed by atoms with Crippen LogP contribution >= 0.6 is 0 Å². The Morgan fingerprint density at radius 3 is 2.65 bits per heavy atom. The predicted octanol–water partition coefficient (Wildman–Crippen LogP) is 2.02. The third-order valence-corrected chi connectivity index (χ3v) is 2.73. The topological polar surface area (TPSA) is 62.5 Å². The molecule has 1 rings (SSSR count). The molecule has 1 atom stereocenters. The molecule has 1 aromatic heterocycles. The predicted molar refractivity (Wildman–Crippen MR) is 65.7 cm³/mol. The fraction of sp³-hybridized carbons (Fsp3) is 0.615. The van der Waals surface area contributed by atoms with Crippen LogP contribution in [0.5, 0.6) is 0 Å². The molecule has 0 saturated heterocycles. The second-order valence-electron chi connectivity index (χ2n) is 4.63. The summed E-state index contributed by atoms with van der Waals surface area (Å²) >= 11 is 0. The highest BCUT2D eigenvalue weighted by atomic mass is 16.3. The molecule has 1 amide bonds. The quantitative estimate of drug-likeness (QED) is 0.826. The Morgan fingerprint density at radius 1 is 1.53 bits per heavy atom. The Hall–Kier alpha value is -1.29. The monoisotopic (exact) mass is 239 g/mol. The Labute approximate surface area is 102 Å². The van der Waals surface area contributed by atoms with Crippen molar-refractivity contribution in [1.82, 2.24) is 5.32 Å². The van der Waals surface area contributed by atoms with Crippen molar-refractivity contribution in [2.45, 2.75) is 46.1 Å². The summed E-state index contributed by atoms with van der Waals surface area (Å²) in [4.78, 5) is 11.4. The standard InChI is InChI=1S/C13H21NO3/c1-5-6-12(15)14-8-13(4,16)11-7-9(2)17-10(11)3/h7,16H,5-6,8H2,1-4H3,(H,14,15). The van der Waals surface area contributed by atoms with E-state index in [1.807, 2.05) is 20.8 Å². The second kappa shape index (κ2) is 5.36. The summed E-state index contributed by atoms with van der Waals surface area (Å²) in [5.41, 5.74) is -0.364. The molecule has 0 spiro atoms. The number of amides is 1. The summed E-state index contributed by atoms with van der Waals surface area (Å²) in [5, 5.41) is 13.1. The van der Waals surface area contributed by atoms with Crippen molar-refractivity contribution in [3.63, 3.8) is 0 Å². The molecule has 0 bridgehead atoms. The number of carbonyl (C=O) groups excluding carboxylic acids is 1. The van der Waals surface area contributed by atoms with Crippen LogP contribution in [0.25, 0.3) is 0 Å². The van der Waals surface area contributed by atoms with Gasteiger partial charge in [0, 0.05) is 12.0 Å². The molecular formula is C13H21NO3. The maximum absolute atomic E-state index is 11.4. The Kier molecular flexibility index (Phi) is 4.34. The van der Waals surface area contributed by atoms with Gasteiger partial charge in [0.05, 0.1) is 6.54 Å². The first-order valence-electron chi connectivity index (χ1n) is 5.93. The smallest absolute Gasteiger partial charge is 0.220 e. The summed E-state index contributed by atoms with van der Waals surface area (Å²) in [6, 6.07) is 1.81. The number of nitrogens with one attached hydrogen (secondary N) is 1. The van der Waals surface area contributed by atoms with Crippen molar-refractivity contribution in [2.75, 3.05) is 6.54 Å². The molecule has 1 heterocycles. The largest absolute Gasteiger partial charge is 0.466 e. The minimum Gasteiger partial charge on any atom is -0.466 e. The van der Waals surface area contributed by atoms with Crippen molar-refractivity contribution >= 4 is 5.91 Å². The summed E-state index contributed by atoms with van der Waals surface area (Å²) in [6.07, 6.45) is 1.29. The van der Waals surface area contributed by atoms with Crippen LogP contribution in [0.2, 0.25) is 0 Å². The summed E-state index contributed by atoms with van der Waals surface area (Å²) in [5.74, 6) is 1.42. The first-order valence-corrected chi connectivity index (χ1v) is 5.93. The van der Waals surface area contributed by atoms with E-state index in [4.69, 9.17) is 4.42 Å². The van der Waals surface area contributed by atoms with Gasteiger partial charge in [0.2, 0.25) is 5.91 Å². The first-order chi connectivity index (χ1) is 7.86. The lowest BCUT2D eigenvalue weighted by molar-refractivity contribution is -0.122. The van der Waals surface area contributed by atoms with Crippen LogP contribution in [0, 0.1) is 13.8 Å². The average Bonchev–Trinajstić information content (AvgIpc) is 2.56. The molecule has 0 aliphatic heterocycles. The van der Waals surface area contributed by atoms with Gasteiger partial charge in [0.1, 0.15) is 17.1 Å². The van der Waals surface area contributed by atoms with E-state index in [2.05, 4.69) is 5.32 Å². The third-order valence-electron chi connectivity index (χ3n) is 2.73. The van der Waals surface area contributed by atoms with Gasteiger partial charge in [-0.1, -0.05) is 6.92 Å². The molecule has 0 aliphatic carbocycles. The van der Waals surface area contributed by atoms with Gasteiger partial charge in [-0.25, -0.2) is 0 Å². The molecule has 1 aromatic rings. The SMILES string of the molecule is CCCC(=O)NCC(C)(O)c1cc(C)oc1C. The molecule has 0 saturated carbocycles. The fourth-order valence-corrected chi connectivity index (χ4v) is 1.85. The van der Waals surface area contributed by atoms with Gasteiger partial charge >= 0.3 is 0 Å². The van der Waals surface area contributed by atoms with E-state index in [0.717, 1.165) is 17.7 Å². The van der Waals surface area contributed by atoms with Gasteiger partial charge in [-0.2, -0.15) is 0 Å². The summed E-state index contributed by atoms with van der Waals surface area (Å²) in [6.45, 7) is 7.47. The van der Waals surface area contributed by atoms with Crippen molar-refractivity contribution in [3.05, 3.63) is 23.2 Å².